The molecule has 6 heteroatoms. The summed E-state index contributed by atoms with van der Waals surface area (Å²) in [4.78, 5) is 28.5. The molecule has 0 aliphatic carbocycles. The summed E-state index contributed by atoms with van der Waals surface area (Å²) in [6.07, 6.45) is 0.481. The minimum atomic E-state index is -0.492. The Bertz CT molecular complexity index is 507. The predicted molar refractivity (Wildman–Crippen MR) is 82.6 cm³/mol. The molecular formula is C15H22N2O3S. The summed E-state index contributed by atoms with van der Waals surface area (Å²) in [5.41, 5.74) is -0.492. The molecule has 0 aromatic carbocycles. The molecule has 116 valence electrons. The fraction of sp³-hybridized carbons (Fsp3) is 0.600. The minimum absolute atomic E-state index is 0.0149. The average Bonchev–Trinajstić information content (AvgIpc) is 3.06. The third kappa shape index (κ3) is 3.97. The summed E-state index contributed by atoms with van der Waals surface area (Å²) in [5, 5.41) is 1.89. The zero-order valence-corrected chi connectivity index (χ0v) is 13.8. The summed E-state index contributed by atoms with van der Waals surface area (Å²) < 4.78 is 5.37. The molecule has 0 saturated carbocycles. The van der Waals surface area contributed by atoms with Gasteiger partial charge in [0.2, 0.25) is 0 Å². The Morgan fingerprint density at radius 3 is 2.71 bits per heavy atom. The lowest BCUT2D eigenvalue weighted by molar-refractivity contribution is 0.0279. The van der Waals surface area contributed by atoms with Gasteiger partial charge in [-0.15, -0.1) is 11.3 Å². The number of likely N-dealkylation sites (tertiary alicyclic amines) is 1. The standard InChI is InChI=1S/C15H22N2O3S/c1-15(2,3)20-14(19)17-8-7-11(10-17)16(4)13(18)12-6-5-9-21-12/h5-6,9,11H,7-8,10H2,1-4H3/t11-/m0/s1. The van der Waals surface area contributed by atoms with E-state index in [1.54, 1.807) is 16.8 Å². The molecule has 21 heavy (non-hydrogen) atoms. The van der Waals surface area contributed by atoms with Crippen molar-refractivity contribution in [3.63, 3.8) is 0 Å². The molecule has 0 unspecified atom stereocenters. The fourth-order valence-electron chi connectivity index (χ4n) is 2.29. The van der Waals surface area contributed by atoms with E-state index in [9.17, 15) is 9.59 Å². The third-order valence-electron chi connectivity index (χ3n) is 3.42. The molecule has 0 radical (unpaired) electrons. The van der Waals surface area contributed by atoms with Crippen LogP contribution in [-0.2, 0) is 4.74 Å². The summed E-state index contributed by atoms with van der Waals surface area (Å²) >= 11 is 1.44. The summed E-state index contributed by atoms with van der Waals surface area (Å²) in [5.74, 6) is 0.0149. The van der Waals surface area contributed by atoms with E-state index in [4.69, 9.17) is 4.74 Å². The quantitative estimate of drug-likeness (QED) is 0.844. The van der Waals surface area contributed by atoms with Crippen molar-refractivity contribution < 1.29 is 14.3 Å². The van der Waals surface area contributed by atoms with E-state index >= 15 is 0 Å². The van der Waals surface area contributed by atoms with Gasteiger partial charge in [-0.3, -0.25) is 4.79 Å². The monoisotopic (exact) mass is 310 g/mol. The first-order valence-corrected chi connectivity index (χ1v) is 7.94. The smallest absolute Gasteiger partial charge is 0.410 e. The molecule has 2 amide bonds. The zero-order chi connectivity index (χ0) is 15.6. The molecule has 0 N–H and O–H groups in total. The maximum Gasteiger partial charge on any atom is 0.410 e. The number of nitrogens with zero attached hydrogens (tertiary/aromatic N) is 2. The van der Waals surface area contributed by atoms with Crippen molar-refractivity contribution in [1.82, 2.24) is 9.80 Å². The first-order valence-electron chi connectivity index (χ1n) is 7.06. The lowest BCUT2D eigenvalue weighted by atomic mass is 10.2. The zero-order valence-electron chi connectivity index (χ0n) is 13.0. The van der Waals surface area contributed by atoms with Crippen LogP contribution in [0, 0.1) is 0 Å². The number of rotatable bonds is 2. The molecule has 2 rings (SSSR count). The molecule has 1 aliphatic heterocycles. The lowest BCUT2D eigenvalue weighted by Gasteiger charge is -2.26. The van der Waals surface area contributed by atoms with Crippen molar-refractivity contribution in [1.29, 1.82) is 0 Å². The van der Waals surface area contributed by atoms with Gasteiger partial charge in [-0.1, -0.05) is 6.07 Å². The van der Waals surface area contributed by atoms with Crippen molar-refractivity contribution in [3.8, 4) is 0 Å². The van der Waals surface area contributed by atoms with Gasteiger partial charge < -0.3 is 14.5 Å². The van der Waals surface area contributed by atoms with E-state index in [0.29, 0.717) is 13.1 Å². The second-order valence-corrected chi connectivity index (χ2v) is 7.21. The Labute approximate surface area is 129 Å². The van der Waals surface area contributed by atoms with Crippen LogP contribution in [0.5, 0.6) is 0 Å². The average molecular weight is 310 g/mol. The van der Waals surface area contributed by atoms with E-state index < -0.39 is 5.60 Å². The van der Waals surface area contributed by atoms with Gasteiger partial charge in [0.1, 0.15) is 5.60 Å². The van der Waals surface area contributed by atoms with Crippen LogP contribution in [0.2, 0.25) is 0 Å². The van der Waals surface area contributed by atoms with Crippen molar-refractivity contribution >= 4 is 23.3 Å². The summed E-state index contributed by atoms with van der Waals surface area (Å²) in [7, 11) is 1.80. The van der Waals surface area contributed by atoms with E-state index in [1.807, 2.05) is 38.3 Å². The molecular weight excluding hydrogens is 288 g/mol. The highest BCUT2D eigenvalue weighted by Crippen LogP contribution is 2.20. The van der Waals surface area contributed by atoms with Crippen molar-refractivity contribution in [3.05, 3.63) is 22.4 Å². The SMILES string of the molecule is CN(C(=O)c1cccs1)[C@H]1CCN(C(=O)OC(C)(C)C)C1. The number of amides is 2. The molecule has 1 saturated heterocycles. The molecule has 0 spiro atoms. The highest BCUT2D eigenvalue weighted by Gasteiger charge is 2.33. The van der Waals surface area contributed by atoms with E-state index in [-0.39, 0.29) is 18.0 Å². The number of hydrogen-bond acceptors (Lipinski definition) is 4. The highest BCUT2D eigenvalue weighted by atomic mass is 32.1. The van der Waals surface area contributed by atoms with Gasteiger partial charge in [0.25, 0.3) is 5.91 Å². The van der Waals surface area contributed by atoms with Gasteiger partial charge in [-0.05, 0) is 38.6 Å². The predicted octanol–water partition coefficient (Wildman–Crippen LogP) is 2.83. The Morgan fingerprint density at radius 2 is 2.14 bits per heavy atom. The number of hydrogen-bond donors (Lipinski definition) is 0. The van der Waals surface area contributed by atoms with Crippen LogP contribution in [0.25, 0.3) is 0 Å². The Balaban J connectivity index is 1.93. The largest absolute Gasteiger partial charge is 0.444 e. The van der Waals surface area contributed by atoms with Gasteiger partial charge in [0.15, 0.2) is 0 Å². The van der Waals surface area contributed by atoms with Gasteiger partial charge in [-0.2, -0.15) is 0 Å². The van der Waals surface area contributed by atoms with Gasteiger partial charge >= 0.3 is 6.09 Å². The molecule has 0 bridgehead atoms. The highest BCUT2D eigenvalue weighted by molar-refractivity contribution is 7.12. The fourth-order valence-corrected chi connectivity index (χ4v) is 3.00. The molecule has 1 aliphatic rings. The lowest BCUT2D eigenvalue weighted by Crippen LogP contribution is -2.41. The molecule has 2 heterocycles. The number of carbonyl (C=O) groups is 2. The number of thiophene rings is 1. The summed E-state index contributed by atoms with van der Waals surface area (Å²) in [6.45, 7) is 6.71. The second-order valence-electron chi connectivity index (χ2n) is 6.26. The summed E-state index contributed by atoms with van der Waals surface area (Å²) in [6, 6.07) is 3.74. The second kappa shape index (κ2) is 6.05. The van der Waals surface area contributed by atoms with Crippen molar-refractivity contribution in [2.24, 2.45) is 0 Å². The van der Waals surface area contributed by atoms with Crippen LogP contribution >= 0.6 is 11.3 Å². The third-order valence-corrected chi connectivity index (χ3v) is 4.27. The molecule has 1 aromatic heterocycles. The van der Waals surface area contributed by atoms with E-state index in [1.165, 1.54) is 11.3 Å². The first kappa shape index (κ1) is 15.8. The Kier molecular flexibility index (Phi) is 4.56. The number of likely N-dealkylation sites (N-methyl/N-ethyl adjacent to an activating group) is 1. The topological polar surface area (TPSA) is 49.9 Å². The molecule has 1 atom stereocenters. The maximum absolute atomic E-state index is 12.3. The Hall–Kier alpha value is -1.56. The van der Waals surface area contributed by atoms with Crippen LogP contribution in [0.15, 0.2) is 17.5 Å². The van der Waals surface area contributed by atoms with Crippen LogP contribution in [0.3, 0.4) is 0 Å². The normalized spacial score (nSPS) is 18.7. The Morgan fingerprint density at radius 1 is 1.43 bits per heavy atom. The van der Waals surface area contributed by atoms with Crippen LogP contribution < -0.4 is 0 Å². The van der Waals surface area contributed by atoms with Crippen LogP contribution in [-0.4, -0.2) is 53.6 Å². The van der Waals surface area contributed by atoms with Crippen molar-refractivity contribution in [2.45, 2.75) is 38.8 Å². The minimum Gasteiger partial charge on any atom is -0.444 e. The molecule has 1 aromatic rings. The van der Waals surface area contributed by atoms with Crippen LogP contribution in [0.4, 0.5) is 4.79 Å². The van der Waals surface area contributed by atoms with Gasteiger partial charge in [-0.25, -0.2) is 4.79 Å². The maximum atomic E-state index is 12.3. The number of ether oxygens (including phenoxy) is 1. The first-order chi connectivity index (χ1) is 9.78. The van der Waals surface area contributed by atoms with Gasteiger partial charge in [0.05, 0.1) is 10.9 Å². The van der Waals surface area contributed by atoms with E-state index in [0.717, 1.165) is 11.3 Å². The van der Waals surface area contributed by atoms with E-state index in [2.05, 4.69) is 0 Å². The van der Waals surface area contributed by atoms with Gasteiger partial charge in [0, 0.05) is 20.1 Å². The van der Waals surface area contributed by atoms with Crippen LogP contribution in [0.1, 0.15) is 36.9 Å². The molecule has 5 nitrogen and oxygen atoms in total. The van der Waals surface area contributed by atoms with Crippen molar-refractivity contribution in [2.75, 3.05) is 20.1 Å². The number of carbonyl (C=O) groups excluding carboxylic acids is 2. The molecule has 1 fully saturated rings.